The Bertz CT molecular complexity index is 450. The van der Waals surface area contributed by atoms with E-state index in [-0.39, 0.29) is 5.91 Å². The van der Waals surface area contributed by atoms with Gasteiger partial charge >= 0.3 is 0 Å². The van der Waals surface area contributed by atoms with E-state index in [0.29, 0.717) is 18.5 Å². The Hall–Kier alpha value is -1.83. The smallest absolute Gasteiger partial charge is 0.244 e. The molecule has 5 heteroatoms. The van der Waals surface area contributed by atoms with Crippen molar-refractivity contribution in [1.82, 2.24) is 9.78 Å². The number of nitrogens with zero attached hydrogens (tertiary/aromatic N) is 3. The second-order valence-electron chi connectivity index (χ2n) is 3.95. The molecule has 0 aliphatic heterocycles. The van der Waals surface area contributed by atoms with Crippen molar-refractivity contribution in [2.75, 3.05) is 5.32 Å². The third-order valence-electron chi connectivity index (χ3n) is 2.66. The van der Waals surface area contributed by atoms with Crippen LogP contribution < -0.4 is 5.32 Å². The van der Waals surface area contributed by atoms with E-state index in [1.807, 2.05) is 6.92 Å². The Morgan fingerprint density at radius 3 is 2.80 bits per heavy atom. The molecule has 1 N–H and O–H groups in total. The van der Waals surface area contributed by atoms with Crippen LogP contribution in [0.15, 0.2) is 6.20 Å². The van der Waals surface area contributed by atoms with Crippen molar-refractivity contribution in [1.29, 1.82) is 5.26 Å². The lowest BCUT2D eigenvalue weighted by Crippen LogP contribution is -2.22. The SMILES string of the molecule is Cc1nn(C)cc1NC(=O)C1(C#N)CC1. The summed E-state index contributed by atoms with van der Waals surface area (Å²) in [6, 6.07) is 2.06. The van der Waals surface area contributed by atoms with Gasteiger partial charge in [-0.15, -0.1) is 0 Å². The lowest BCUT2D eigenvalue weighted by molar-refractivity contribution is -0.119. The van der Waals surface area contributed by atoms with Gasteiger partial charge < -0.3 is 5.32 Å². The van der Waals surface area contributed by atoms with Crippen molar-refractivity contribution in [3.8, 4) is 6.07 Å². The van der Waals surface area contributed by atoms with E-state index < -0.39 is 5.41 Å². The van der Waals surface area contributed by atoms with Gasteiger partial charge in [0.15, 0.2) is 0 Å². The second kappa shape index (κ2) is 3.09. The van der Waals surface area contributed by atoms with E-state index in [1.54, 1.807) is 17.9 Å². The van der Waals surface area contributed by atoms with Crippen LogP contribution in [0.25, 0.3) is 0 Å². The molecule has 1 fully saturated rings. The van der Waals surface area contributed by atoms with Gasteiger partial charge in [-0.3, -0.25) is 9.48 Å². The maximum atomic E-state index is 11.7. The van der Waals surface area contributed by atoms with E-state index >= 15 is 0 Å². The number of hydrogen-bond acceptors (Lipinski definition) is 3. The predicted molar refractivity (Wildman–Crippen MR) is 53.9 cm³/mol. The van der Waals surface area contributed by atoms with E-state index in [4.69, 9.17) is 5.26 Å². The molecule has 1 heterocycles. The molecular formula is C10H12N4O. The van der Waals surface area contributed by atoms with Crippen molar-refractivity contribution in [3.05, 3.63) is 11.9 Å². The van der Waals surface area contributed by atoms with Crippen molar-refractivity contribution >= 4 is 11.6 Å². The normalized spacial score (nSPS) is 16.9. The zero-order chi connectivity index (χ0) is 11.1. The summed E-state index contributed by atoms with van der Waals surface area (Å²) in [5.41, 5.74) is 0.672. The number of rotatable bonds is 2. The maximum Gasteiger partial charge on any atom is 0.244 e. The average Bonchev–Trinajstić information content (AvgIpc) is 2.91. The van der Waals surface area contributed by atoms with Crippen LogP contribution in [0.5, 0.6) is 0 Å². The van der Waals surface area contributed by atoms with E-state index in [9.17, 15) is 4.79 Å². The van der Waals surface area contributed by atoms with Gasteiger partial charge in [-0.05, 0) is 19.8 Å². The van der Waals surface area contributed by atoms with Gasteiger partial charge in [0.2, 0.25) is 5.91 Å². The molecule has 0 unspecified atom stereocenters. The van der Waals surface area contributed by atoms with Crippen LogP contribution in [0.3, 0.4) is 0 Å². The number of nitrogens with one attached hydrogen (secondary N) is 1. The first-order chi connectivity index (χ1) is 7.07. The molecule has 1 aromatic heterocycles. The highest BCUT2D eigenvalue weighted by molar-refractivity contribution is 5.99. The summed E-state index contributed by atoms with van der Waals surface area (Å²) in [6.45, 7) is 1.82. The lowest BCUT2D eigenvalue weighted by atomic mass is 10.1. The molecule has 0 saturated heterocycles. The molecule has 1 saturated carbocycles. The molecule has 2 rings (SSSR count). The Kier molecular flexibility index (Phi) is 2.00. The fourth-order valence-corrected chi connectivity index (χ4v) is 1.48. The van der Waals surface area contributed by atoms with E-state index in [2.05, 4.69) is 16.5 Å². The van der Waals surface area contributed by atoms with Gasteiger partial charge in [-0.25, -0.2) is 0 Å². The van der Waals surface area contributed by atoms with Crippen molar-refractivity contribution < 1.29 is 4.79 Å². The molecule has 0 atom stereocenters. The first-order valence-corrected chi connectivity index (χ1v) is 4.80. The quantitative estimate of drug-likeness (QED) is 0.780. The van der Waals surface area contributed by atoms with E-state index in [0.717, 1.165) is 5.69 Å². The third kappa shape index (κ3) is 1.59. The number of aryl methyl sites for hydroxylation is 2. The highest BCUT2D eigenvalue weighted by Crippen LogP contribution is 2.45. The van der Waals surface area contributed by atoms with Gasteiger partial charge in [0.05, 0.1) is 17.5 Å². The zero-order valence-corrected chi connectivity index (χ0v) is 8.74. The van der Waals surface area contributed by atoms with Crippen LogP contribution in [0.1, 0.15) is 18.5 Å². The molecule has 5 nitrogen and oxygen atoms in total. The number of carbonyl (C=O) groups is 1. The first kappa shape index (κ1) is 9.71. The molecule has 15 heavy (non-hydrogen) atoms. The average molecular weight is 204 g/mol. The van der Waals surface area contributed by atoms with Crippen LogP contribution >= 0.6 is 0 Å². The monoisotopic (exact) mass is 204 g/mol. The molecule has 78 valence electrons. The third-order valence-corrected chi connectivity index (χ3v) is 2.66. The molecular weight excluding hydrogens is 192 g/mol. The molecule has 1 aromatic rings. The van der Waals surface area contributed by atoms with Crippen LogP contribution in [-0.2, 0) is 11.8 Å². The summed E-state index contributed by atoms with van der Waals surface area (Å²) in [5.74, 6) is -0.207. The molecule has 1 aliphatic carbocycles. The van der Waals surface area contributed by atoms with Gasteiger partial charge in [0.25, 0.3) is 0 Å². The zero-order valence-electron chi connectivity index (χ0n) is 8.74. The number of carbonyl (C=O) groups excluding carboxylic acids is 1. The Balaban J connectivity index is 2.13. The maximum absolute atomic E-state index is 11.7. The minimum Gasteiger partial charge on any atom is -0.322 e. The van der Waals surface area contributed by atoms with Gasteiger partial charge in [-0.1, -0.05) is 0 Å². The Morgan fingerprint density at radius 2 is 2.40 bits per heavy atom. The second-order valence-corrected chi connectivity index (χ2v) is 3.95. The van der Waals surface area contributed by atoms with Crippen LogP contribution in [0, 0.1) is 23.7 Å². The van der Waals surface area contributed by atoms with Gasteiger partial charge in [0, 0.05) is 13.2 Å². The van der Waals surface area contributed by atoms with Crippen LogP contribution in [-0.4, -0.2) is 15.7 Å². The lowest BCUT2D eigenvalue weighted by Gasteiger charge is -2.06. The number of hydrogen-bond donors (Lipinski definition) is 1. The highest BCUT2D eigenvalue weighted by atomic mass is 16.2. The first-order valence-electron chi connectivity index (χ1n) is 4.80. The van der Waals surface area contributed by atoms with Crippen molar-refractivity contribution in [2.45, 2.75) is 19.8 Å². The van der Waals surface area contributed by atoms with Crippen molar-refractivity contribution in [3.63, 3.8) is 0 Å². The predicted octanol–water partition coefficient (Wildman–Crippen LogP) is 0.971. The molecule has 1 amide bonds. The minimum atomic E-state index is -0.776. The minimum absolute atomic E-state index is 0.207. The van der Waals surface area contributed by atoms with Crippen molar-refractivity contribution in [2.24, 2.45) is 12.5 Å². The standard InChI is InChI=1S/C10H12N4O/c1-7-8(5-14(2)13-7)12-9(15)10(6-11)3-4-10/h5H,3-4H2,1-2H3,(H,12,15). The van der Waals surface area contributed by atoms with Crippen LogP contribution in [0.4, 0.5) is 5.69 Å². The highest BCUT2D eigenvalue weighted by Gasteiger charge is 2.50. The van der Waals surface area contributed by atoms with Gasteiger partial charge in [-0.2, -0.15) is 10.4 Å². The fraction of sp³-hybridized carbons (Fsp3) is 0.500. The molecule has 0 radical (unpaired) electrons. The summed E-state index contributed by atoms with van der Waals surface area (Å²) in [7, 11) is 1.79. The summed E-state index contributed by atoms with van der Waals surface area (Å²) >= 11 is 0. The topological polar surface area (TPSA) is 70.7 Å². The Labute approximate surface area is 87.7 Å². The number of anilines is 1. The largest absolute Gasteiger partial charge is 0.322 e. The molecule has 0 spiro atoms. The van der Waals surface area contributed by atoms with E-state index in [1.165, 1.54) is 0 Å². The summed E-state index contributed by atoms with van der Waals surface area (Å²) < 4.78 is 1.64. The molecule has 1 aliphatic rings. The van der Waals surface area contributed by atoms with Gasteiger partial charge in [0.1, 0.15) is 5.41 Å². The molecule has 0 aromatic carbocycles. The number of aromatic nitrogens is 2. The summed E-state index contributed by atoms with van der Waals surface area (Å²) in [4.78, 5) is 11.7. The number of amides is 1. The van der Waals surface area contributed by atoms with Crippen LogP contribution in [0.2, 0.25) is 0 Å². The summed E-state index contributed by atoms with van der Waals surface area (Å²) in [6.07, 6.45) is 3.06. The number of nitriles is 1. The fourth-order valence-electron chi connectivity index (χ4n) is 1.48. The molecule has 0 bridgehead atoms. The Morgan fingerprint density at radius 1 is 1.73 bits per heavy atom. The summed E-state index contributed by atoms with van der Waals surface area (Å²) in [5, 5.41) is 15.7.